The Morgan fingerprint density at radius 2 is 2.00 bits per heavy atom. The fourth-order valence-corrected chi connectivity index (χ4v) is 1.53. The van der Waals surface area contributed by atoms with Crippen molar-refractivity contribution in [1.29, 1.82) is 0 Å². The molecule has 1 aromatic heterocycles. The molecule has 0 bridgehead atoms. The van der Waals surface area contributed by atoms with Crippen molar-refractivity contribution in [3.8, 4) is 17.1 Å². The Hall–Kier alpha value is -2.30. The van der Waals surface area contributed by atoms with Crippen molar-refractivity contribution in [1.82, 2.24) is 4.98 Å². The summed E-state index contributed by atoms with van der Waals surface area (Å²) in [5.74, 6) is 0.917. The van der Waals surface area contributed by atoms with Crippen molar-refractivity contribution in [3.05, 3.63) is 35.9 Å². The molecule has 1 heterocycles. The molecule has 88 valence electrons. The number of nitrogens with zero attached hydrogens (tertiary/aromatic N) is 1. The maximum absolute atomic E-state index is 11.2. The summed E-state index contributed by atoms with van der Waals surface area (Å²) >= 11 is 0. The van der Waals surface area contributed by atoms with E-state index in [9.17, 15) is 4.79 Å². The van der Waals surface area contributed by atoms with E-state index in [0.29, 0.717) is 11.7 Å². The van der Waals surface area contributed by atoms with E-state index in [1.165, 1.54) is 0 Å². The van der Waals surface area contributed by atoms with Crippen LogP contribution in [0.25, 0.3) is 11.3 Å². The molecular formula is C12H12N2O3. The zero-order valence-corrected chi connectivity index (χ0v) is 9.56. The molecule has 0 fully saturated rings. The quantitative estimate of drug-likeness (QED) is 0.874. The van der Waals surface area contributed by atoms with Gasteiger partial charge in [-0.1, -0.05) is 0 Å². The second kappa shape index (κ2) is 4.29. The molecule has 0 saturated heterocycles. The van der Waals surface area contributed by atoms with Gasteiger partial charge in [-0.3, -0.25) is 4.79 Å². The van der Waals surface area contributed by atoms with E-state index in [1.807, 2.05) is 0 Å². The maximum Gasteiger partial charge on any atom is 0.271 e. The second-order valence-corrected chi connectivity index (χ2v) is 3.50. The number of hydrogen-bond acceptors (Lipinski definition) is 4. The summed E-state index contributed by atoms with van der Waals surface area (Å²) in [4.78, 5) is 15.2. The summed E-state index contributed by atoms with van der Waals surface area (Å²) in [5.41, 5.74) is 6.12. The van der Waals surface area contributed by atoms with E-state index in [2.05, 4.69) is 4.98 Å². The van der Waals surface area contributed by atoms with Gasteiger partial charge in [-0.25, -0.2) is 4.98 Å². The molecule has 0 spiro atoms. The van der Waals surface area contributed by atoms with Gasteiger partial charge in [-0.2, -0.15) is 0 Å². The average molecular weight is 232 g/mol. The van der Waals surface area contributed by atoms with Crippen molar-refractivity contribution in [2.24, 2.45) is 5.73 Å². The Kier molecular flexibility index (Phi) is 2.82. The first-order valence-corrected chi connectivity index (χ1v) is 5.03. The van der Waals surface area contributed by atoms with Gasteiger partial charge in [-0.15, -0.1) is 0 Å². The average Bonchev–Trinajstić information content (AvgIpc) is 2.72. The lowest BCUT2D eigenvalue weighted by Gasteiger charge is -2.01. The van der Waals surface area contributed by atoms with Crippen LogP contribution >= 0.6 is 0 Å². The van der Waals surface area contributed by atoms with Crippen molar-refractivity contribution in [2.75, 3.05) is 7.11 Å². The van der Waals surface area contributed by atoms with E-state index >= 15 is 0 Å². The molecule has 0 unspecified atom stereocenters. The van der Waals surface area contributed by atoms with Crippen LogP contribution in [-0.2, 0) is 0 Å². The largest absolute Gasteiger partial charge is 0.497 e. The van der Waals surface area contributed by atoms with Gasteiger partial charge in [0.05, 0.1) is 7.11 Å². The van der Waals surface area contributed by atoms with Crippen LogP contribution in [0.2, 0.25) is 0 Å². The topological polar surface area (TPSA) is 78.3 Å². The van der Waals surface area contributed by atoms with E-state index in [-0.39, 0.29) is 5.69 Å². The first-order valence-electron chi connectivity index (χ1n) is 5.03. The molecule has 5 nitrogen and oxygen atoms in total. The molecule has 5 heteroatoms. The molecule has 0 saturated carbocycles. The summed E-state index contributed by atoms with van der Waals surface area (Å²) in [6, 6.07) is 7.12. The Morgan fingerprint density at radius 1 is 1.35 bits per heavy atom. The van der Waals surface area contributed by atoms with Crippen LogP contribution in [0.4, 0.5) is 0 Å². The standard InChI is InChI=1S/C12H12N2O3/c1-7-14-10(12(13)15)11(17-7)8-3-5-9(16-2)6-4-8/h3-6H,1-2H3,(H2,13,15). The Morgan fingerprint density at radius 3 is 2.53 bits per heavy atom. The highest BCUT2D eigenvalue weighted by Gasteiger charge is 2.17. The number of hydrogen-bond donors (Lipinski definition) is 1. The van der Waals surface area contributed by atoms with Crippen LogP contribution in [0.3, 0.4) is 0 Å². The molecule has 0 atom stereocenters. The van der Waals surface area contributed by atoms with Gasteiger partial charge >= 0.3 is 0 Å². The third-order valence-corrected chi connectivity index (χ3v) is 2.32. The minimum Gasteiger partial charge on any atom is -0.497 e. The first-order chi connectivity index (χ1) is 8.11. The van der Waals surface area contributed by atoms with Crippen LogP contribution < -0.4 is 10.5 Å². The smallest absolute Gasteiger partial charge is 0.271 e. The number of nitrogens with two attached hydrogens (primary N) is 1. The van der Waals surface area contributed by atoms with Crippen LogP contribution in [0, 0.1) is 6.92 Å². The third kappa shape index (κ3) is 2.13. The number of aryl methyl sites for hydroxylation is 1. The highest BCUT2D eigenvalue weighted by molar-refractivity contribution is 5.96. The highest BCUT2D eigenvalue weighted by Crippen LogP contribution is 2.26. The maximum atomic E-state index is 11.2. The van der Waals surface area contributed by atoms with E-state index < -0.39 is 5.91 Å². The Bertz CT molecular complexity index is 543. The lowest BCUT2D eigenvalue weighted by Crippen LogP contribution is -2.12. The lowest BCUT2D eigenvalue weighted by molar-refractivity contribution is 0.0996. The number of amides is 1. The summed E-state index contributed by atoms with van der Waals surface area (Å²) in [6.07, 6.45) is 0. The van der Waals surface area contributed by atoms with Crippen molar-refractivity contribution in [2.45, 2.75) is 6.92 Å². The fourth-order valence-electron chi connectivity index (χ4n) is 1.53. The SMILES string of the molecule is COc1ccc(-c2oc(C)nc2C(N)=O)cc1. The van der Waals surface area contributed by atoms with Gasteiger partial charge in [0.2, 0.25) is 0 Å². The number of methoxy groups -OCH3 is 1. The highest BCUT2D eigenvalue weighted by atomic mass is 16.5. The zero-order valence-electron chi connectivity index (χ0n) is 9.56. The molecule has 0 aliphatic rings. The molecule has 0 aliphatic heterocycles. The molecule has 0 radical (unpaired) electrons. The number of rotatable bonds is 3. The van der Waals surface area contributed by atoms with Crippen LogP contribution in [-0.4, -0.2) is 18.0 Å². The van der Waals surface area contributed by atoms with E-state index in [1.54, 1.807) is 38.3 Å². The number of oxazole rings is 1. The number of primary amides is 1. The molecule has 1 aromatic carbocycles. The second-order valence-electron chi connectivity index (χ2n) is 3.50. The number of carbonyl (C=O) groups is 1. The molecule has 2 N–H and O–H groups in total. The van der Waals surface area contributed by atoms with Gasteiger partial charge < -0.3 is 14.9 Å². The van der Waals surface area contributed by atoms with Crippen LogP contribution in [0.1, 0.15) is 16.4 Å². The summed E-state index contributed by atoms with van der Waals surface area (Å²) in [5, 5.41) is 0. The minimum absolute atomic E-state index is 0.146. The van der Waals surface area contributed by atoms with E-state index in [4.69, 9.17) is 14.9 Å². The predicted octanol–water partition coefficient (Wildman–Crippen LogP) is 1.76. The zero-order chi connectivity index (χ0) is 12.4. The molecule has 2 rings (SSSR count). The van der Waals surface area contributed by atoms with Gasteiger partial charge in [0.1, 0.15) is 5.75 Å². The predicted molar refractivity (Wildman–Crippen MR) is 61.7 cm³/mol. The number of aromatic nitrogens is 1. The van der Waals surface area contributed by atoms with Gasteiger partial charge in [0, 0.05) is 12.5 Å². The first kappa shape index (κ1) is 11.2. The fraction of sp³-hybridized carbons (Fsp3) is 0.167. The number of carbonyl (C=O) groups excluding carboxylic acids is 1. The van der Waals surface area contributed by atoms with Gasteiger partial charge in [0.25, 0.3) is 5.91 Å². The normalized spacial score (nSPS) is 10.2. The number of benzene rings is 1. The molecular weight excluding hydrogens is 220 g/mol. The Balaban J connectivity index is 2.48. The molecule has 0 aliphatic carbocycles. The lowest BCUT2D eigenvalue weighted by atomic mass is 10.1. The molecule has 1 amide bonds. The summed E-state index contributed by atoms with van der Waals surface area (Å²) in [7, 11) is 1.59. The van der Waals surface area contributed by atoms with Crippen LogP contribution in [0.15, 0.2) is 28.7 Å². The third-order valence-electron chi connectivity index (χ3n) is 2.32. The minimum atomic E-state index is -0.604. The van der Waals surface area contributed by atoms with Crippen molar-refractivity contribution in [3.63, 3.8) is 0 Å². The Labute approximate surface area is 98.2 Å². The van der Waals surface area contributed by atoms with Gasteiger partial charge in [0.15, 0.2) is 17.3 Å². The molecule has 17 heavy (non-hydrogen) atoms. The van der Waals surface area contributed by atoms with Crippen LogP contribution in [0.5, 0.6) is 5.75 Å². The van der Waals surface area contributed by atoms with Crippen molar-refractivity contribution >= 4 is 5.91 Å². The van der Waals surface area contributed by atoms with Gasteiger partial charge in [-0.05, 0) is 24.3 Å². The summed E-state index contributed by atoms with van der Waals surface area (Å²) in [6.45, 7) is 1.67. The monoisotopic (exact) mass is 232 g/mol. The summed E-state index contributed by atoms with van der Waals surface area (Å²) < 4.78 is 10.4. The molecule has 2 aromatic rings. The van der Waals surface area contributed by atoms with Crippen molar-refractivity contribution < 1.29 is 13.9 Å². The number of ether oxygens (including phenoxy) is 1. The van der Waals surface area contributed by atoms with E-state index in [0.717, 1.165) is 11.3 Å².